The number of benzene rings is 3. The molecule has 0 spiro atoms. The van der Waals surface area contributed by atoms with Crippen molar-refractivity contribution in [3.63, 3.8) is 0 Å². The maximum Gasteiger partial charge on any atom is 0.141 e. The van der Waals surface area contributed by atoms with Gasteiger partial charge < -0.3 is 5.32 Å². The SMILES string of the molecule is Cc1ccc(C)c(N2C(NC(NCCc3cccc4ccccc34)C(C)(C)C)=S2C)c1. The van der Waals surface area contributed by atoms with E-state index in [-0.39, 0.29) is 22.3 Å². The molecule has 0 saturated heterocycles. The van der Waals surface area contributed by atoms with E-state index in [0.717, 1.165) is 13.0 Å². The minimum atomic E-state index is 0.103. The first-order valence-corrected chi connectivity index (χ1v) is 12.7. The van der Waals surface area contributed by atoms with Gasteiger partial charge in [0, 0.05) is 6.54 Å². The second-order valence-electron chi connectivity index (χ2n) is 9.65. The first kappa shape index (κ1) is 22.1. The molecule has 4 rings (SSSR count). The Balaban J connectivity index is 1.43. The Morgan fingerprint density at radius 3 is 2.48 bits per heavy atom. The molecule has 0 radical (unpaired) electrons. The smallest absolute Gasteiger partial charge is 0.141 e. The highest BCUT2D eigenvalue weighted by molar-refractivity contribution is 8.25. The molecule has 164 valence electrons. The van der Waals surface area contributed by atoms with Gasteiger partial charge >= 0.3 is 0 Å². The van der Waals surface area contributed by atoms with E-state index >= 15 is 0 Å². The van der Waals surface area contributed by atoms with E-state index in [4.69, 9.17) is 0 Å². The fourth-order valence-electron chi connectivity index (χ4n) is 4.09. The Hall–Kier alpha value is -2.14. The highest BCUT2D eigenvalue weighted by Crippen LogP contribution is 2.42. The predicted octanol–water partition coefficient (Wildman–Crippen LogP) is 5.97. The van der Waals surface area contributed by atoms with Crippen LogP contribution >= 0.6 is 10.7 Å². The van der Waals surface area contributed by atoms with Gasteiger partial charge in [-0.05, 0) is 65.5 Å². The molecule has 0 aliphatic carbocycles. The van der Waals surface area contributed by atoms with Gasteiger partial charge in [0.15, 0.2) is 0 Å². The number of aryl methyl sites for hydroxylation is 2. The molecule has 3 nitrogen and oxygen atoms in total. The molecule has 2 unspecified atom stereocenters. The lowest BCUT2D eigenvalue weighted by molar-refractivity contribution is 0.253. The van der Waals surface area contributed by atoms with Crippen molar-refractivity contribution >= 4 is 32.2 Å². The molecule has 0 saturated carbocycles. The van der Waals surface area contributed by atoms with Crippen LogP contribution in [0.15, 0.2) is 60.7 Å². The second-order valence-corrected chi connectivity index (χ2v) is 11.4. The average molecular weight is 434 g/mol. The number of rotatable bonds is 6. The highest BCUT2D eigenvalue weighted by atomic mass is 32.2. The van der Waals surface area contributed by atoms with Gasteiger partial charge in [-0.3, -0.25) is 9.62 Å². The largest absolute Gasteiger partial charge is 0.301 e. The Bertz CT molecular complexity index is 1120. The minimum Gasteiger partial charge on any atom is -0.301 e. The Labute approximate surface area is 189 Å². The topological polar surface area (TPSA) is 27.1 Å². The second kappa shape index (κ2) is 8.78. The van der Waals surface area contributed by atoms with Crippen LogP contribution in [-0.2, 0) is 6.42 Å². The number of hydrogen-bond acceptors (Lipinski definition) is 3. The van der Waals surface area contributed by atoms with Crippen LogP contribution in [0, 0.1) is 19.3 Å². The molecular formula is C27H35N3S. The molecule has 31 heavy (non-hydrogen) atoms. The highest BCUT2D eigenvalue weighted by Gasteiger charge is 2.36. The molecule has 4 heteroatoms. The van der Waals surface area contributed by atoms with Crippen LogP contribution in [0.2, 0.25) is 0 Å². The Morgan fingerprint density at radius 1 is 0.968 bits per heavy atom. The summed E-state index contributed by atoms with van der Waals surface area (Å²) in [5, 5.41) is 11.7. The van der Waals surface area contributed by atoms with Crippen molar-refractivity contribution in [2.24, 2.45) is 5.41 Å². The fourth-order valence-corrected chi connectivity index (χ4v) is 5.64. The van der Waals surface area contributed by atoms with Crippen LogP contribution in [0.25, 0.3) is 10.8 Å². The fraction of sp³-hybridized carbons (Fsp3) is 0.370. The summed E-state index contributed by atoms with van der Waals surface area (Å²) in [5.41, 5.74) is 5.48. The third-order valence-corrected chi connectivity index (χ3v) is 7.66. The van der Waals surface area contributed by atoms with Gasteiger partial charge in [-0.2, -0.15) is 0 Å². The van der Waals surface area contributed by atoms with Gasteiger partial charge in [-0.25, -0.2) is 0 Å². The van der Waals surface area contributed by atoms with Gasteiger partial charge in [-0.15, -0.1) is 0 Å². The van der Waals surface area contributed by atoms with Crippen molar-refractivity contribution in [1.82, 2.24) is 10.6 Å². The number of anilines is 1. The van der Waals surface area contributed by atoms with E-state index in [2.05, 4.69) is 116 Å². The van der Waals surface area contributed by atoms with Crippen LogP contribution in [0.4, 0.5) is 5.69 Å². The third-order valence-electron chi connectivity index (χ3n) is 6.05. The zero-order valence-corrected chi connectivity index (χ0v) is 20.4. The standard InChI is InChI=1S/C27H35N3S/c1-19-14-15-20(2)24(18-19)30-26(31(30)6)29-25(27(3,4)5)28-17-16-22-12-9-11-21-10-7-8-13-23(21)22/h7-15,18,25,28-29H,16-17H2,1-6H3. The molecule has 2 atom stereocenters. The number of hydrogen-bond donors (Lipinski definition) is 2. The summed E-state index contributed by atoms with van der Waals surface area (Å²) in [5.74, 6) is 0. The van der Waals surface area contributed by atoms with Crippen molar-refractivity contribution in [1.29, 1.82) is 0 Å². The zero-order chi connectivity index (χ0) is 22.2. The van der Waals surface area contributed by atoms with Crippen LogP contribution in [0.5, 0.6) is 0 Å². The summed E-state index contributed by atoms with van der Waals surface area (Å²) in [6, 6.07) is 22.0. The van der Waals surface area contributed by atoms with Crippen molar-refractivity contribution < 1.29 is 0 Å². The number of nitrogens with one attached hydrogen (secondary N) is 2. The van der Waals surface area contributed by atoms with Crippen LogP contribution in [-0.4, -0.2) is 24.1 Å². The third kappa shape index (κ3) is 4.87. The number of fused-ring (bicyclic) bond motifs is 1. The van der Waals surface area contributed by atoms with E-state index in [1.165, 1.54) is 38.3 Å². The van der Waals surface area contributed by atoms with Crippen LogP contribution in [0.1, 0.15) is 37.5 Å². The van der Waals surface area contributed by atoms with Gasteiger partial charge in [0.2, 0.25) is 0 Å². The first-order chi connectivity index (χ1) is 14.8. The van der Waals surface area contributed by atoms with E-state index in [1.807, 2.05) is 0 Å². The van der Waals surface area contributed by atoms with Crippen LogP contribution < -0.4 is 14.9 Å². The quantitative estimate of drug-likeness (QED) is 0.370. The summed E-state index contributed by atoms with van der Waals surface area (Å²) >= 11 is 0. The molecule has 1 heterocycles. The summed E-state index contributed by atoms with van der Waals surface area (Å²) in [7, 11) is 0.127. The lowest BCUT2D eigenvalue weighted by Crippen LogP contribution is -2.53. The molecule has 1 aliphatic heterocycles. The Kier molecular flexibility index (Phi) is 6.25. The molecule has 0 fully saturated rings. The molecule has 2 N–H and O–H groups in total. The monoisotopic (exact) mass is 433 g/mol. The molecule has 0 aromatic heterocycles. The van der Waals surface area contributed by atoms with E-state index in [0.29, 0.717) is 0 Å². The minimum absolute atomic E-state index is 0.103. The van der Waals surface area contributed by atoms with Crippen LogP contribution in [0.3, 0.4) is 0 Å². The maximum absolute atomic E-state index is 3.84. The zero-order valence-electron chi connectivity index (χ0n) is 19.6. The van der Waals surface area contributed by atoms with Crippen molar-refractivity contribution in [3.05, 3.63) is 77.4 Å². The Morgan fingerprint density at radius 2 is 1.71 bits per heavy atom. The van der Waals surface area contributed by atoms with E-state index < -0.39 is 0 Å². The predicted molar refractivity (Wildman–Crippen MR) is 139 cm³/mol. The van der Waals surface area contributed by atoms with Gasteiger partial charge in [0.25, 0.3) is 0 Å². The molecule has 3 aromatic carbocycles. The molecule has 0 bridgehead atoms. The van der Waals surface area contributed by atoms with Crippen molar-refractivity contribution in [3.8, 4) is 0 Å². The van der Waals surface area contributed by atoms with Gasteiger partial charge in [0.1, 0.15) is 5.11 Å². The van der Waals surface area contributed by atoms with E-state index in [1.54, 1.807) is 0 Å². The van der Waals surface area contributed by atoms with Crippen molar-refractivity contribution in [2.45, 2.75) is 47.2 Å². The summed E-state index contributed by atoms with van der Waals surface area (Å²) in [6.45, 7) is 12.2. The summed E-state index contributed by atoms with van der Waals surface area (Å²) in [4.78, 5) is 0. The number of nitrogens with zero attached hydrogens (tertiary/aromatic N) is 1. The lowest BCUT2D eigenvalue weighted by Gasteiger charge is -2.32. The van der Waals surface area contributed by atoms with Crippen molar-refractivity contribution in [2.75, 3.05) is 17.1 Å². The molecule has 0 amide bonds. The van der Waals surface area contributed by atoms with Gasteiger partial charge in [0.05, 0.1) is 11.9 Å². The maximum atomic E-state index is 3.84. The lowest BCUT2D eigenvalue weighted by atomic mass is 9.92. The normalized spacial score (nSPS) is 17.3. The molecule has 3 aromatic rings. The summed E-state index contributed by atoms with van der Waals surface area (Å²) < 4.78 is 2.45. The van der Waals surface area contributed by atoms with E-state index in [9.17, 15) is 0 Å². The molecular weight excluding hydrogens is 398 g/mol. The first-order valence-electron chi connectivity index (χ1n) is 11.1. The average Bonchev–Trinajstić information content (AvgIpc) is 3.37. The molecule has 1 aliphatic rings. The van der Waals surface area contributed by atoms with Gasteiger partial charge in [-0.1, -0.05) is 86.0 Å². The summed E-state index contributed by atoms with van der Waals surface area (Å²) in [6.07, 6.45) is 3.53.